The molecule has 12 heterocycles. The van der Waals surface area contributed by atoms with Gasteiger partial charge in [-0.25, -0.2) is 44.5 Å². The monoisotopic (exact) mass is 1500 g/mol. The summed E-state index contributed by atoms with van der Waals surface area (Å²) in [7, 11) is 7.62. The number of likely N-dealkylation sites (N-methyl/N-ethyl adjacent to an activating group) is 4. The van der Waals surface area contributed by atoms with E-state index in [-0.39, 0.29) is 101 Å². The van der Waals surface area contributed by atoms with Crippen molar-refractivity contribution in [2.45, 2.75) is 199 Å². The number of aromatic nitrogens is 8. The molecule has 12 rings (SSSR count). The van der Waals surface area contributed by atoms with Gasteiger partial charge in [0.2, 0.25) is 34.8 Å². The summed E-state index contributed by atoms with van der Waals surface area (Å²) in [5.41, 5.74) is 10.5. The number of amides is 7. The molecule has 33 heteroatoms. The van der Waals surface area contributed by atoms with Crippen molar-refractivity contribution < 1.29 is 52.9 Å². The highest BCUT2D eigenvalue weighted by Crippen LogP contribution is 2.39. The summed E-state index contributed by atoms with van der Waals surface area (Å²) in [6.07, 6.45) is 1.82. The van der Waals surface area contributed by atoms with Crippen LogP contribution in [-0.4, -0.2) is 229 Å². The number of carboxylic acid groups (broad SMARTS) is 1. The fourth-order valence-corrected chi connectivity index (χ4v) is 13.9. The number of halogens is 1. The third-order valence-corrected chi connectivity index (χ3v) is 19.0. The molecule has 8 aliphatic rings. The number of nitrogens with one attached hydrogen (secondary N) is 5. The van der Waals surface area contributed by atoms with Crippen LogP contribution in [0.4, 0.5) is 55.6 Å². The average Bonchev–Trinajstić information content (AvgIpc) is 0.782. The second-order valence-electron chi connectivity index (χ2n) is 32.0. The quantitative estimate of drug-likeness (QED) is 0.0766. The molecule has 0 saturated carbocycles. The van der Waals surface area contributed by atoms with Crippen LogP contribution in [0.1, 0.15) is 151 Å². The van der Waals surface area contributed by atoms with Gasteiger partial charge in [-0.15, -0.1) is 0 Å². The maximum atomic E-state index is 12.4. The summed E-state index contributed by atoms with van der Waals surface area (Å²) >= 11 is 5.85. The van der Waals surface area contributed by atoms with Gasteiger partial charge in [0.15, 0.2) is 23.3 Å². The van der Waals surface area contributed by atoms with E-state index < -0.39 is 17.2 Å². The summed E-state index contributed by atoms with van der Waals surface area (Å²) in [5, 5.41) is 22.7. The highest BCUT2D eigenvalue weighted by atomic mass is 35.5. The number of aryl methyl sites for hydroxylation is 4. The number of nitrogens with two attached hydrogens (primary N) is 1. The first-order valence-electron chi connectivity index (χ1n) is 36.4. The van der Waals surface area contributed by atoms with Crippen molar-refractivity contribution in [3.8, 4) is 0 Å². The van der Waals surface area contributed by atoms with E-state index >= 15 is 0 Å². The molecule has 8 aliphatic heterocycles. The molecule has 7 amide bonds. The fourth-order valence-electron chi connectivity index (χ4n) is 13.7. The number of ether oxygens (including phenoxy) is 2. The lowest BCUT2D eigenvalue weighted by atomic mass is 9.95. The minimum absolute atomic E-state index is 0.00413. The Kier molecular flexibility index (Phi) is 27.7. The predicted octanol–water partition coefficient (Wildman–Crippen LogP) is 7.29. The van der Waals surface area contributed by atoms with Crippen molar-refractivity contribution >= 4 is 105 Å². The van der Waals surface area contributed by atoms with E-state index in [1.165, 1.54) is 0 Å². The summed E-state index contributed by atoms with van der Waals surface area (Å²) in [6.45, 7) is 43.8. The van der Waals surface area contributed by atoms with Crippen LogP contribution in [0.25, 0.3) is 0 Å². The molecule has 0 radical (unpaired) electrons. The van der Waals surface area contributed by atoms with Crippen molar-refractivity contribution in [1.82, 2.24) is 59.9 Å². The van der Waals surface area contributed by atoms with Crippen LogP contribution in [0.3, 0.4) is 0 Å². The van der Waals surface area contributed by atoms with Gasteiger partial charge < -0.3 is 81.2 Å². The predicted molar refractivity (Wildman–Crippen MR) is 408 cm³/mol. The molecule has 0 aromatic carbocycles. The van der Waals surface area contributed by atoms with Gasteiger partial charge in [-0.2, -0.15) is 4.98 Å². The molecular formula is C73H114ClN21O11. The highest BCUT2D eigenvalue weighted by molar-refractivity contribution is 6.28. The molecular weight excluding hydrogens is 1380 g/mol. The van der Waals surface area contributed by atoms with Crippen molar-refractivity contribution in [3.63, 3.8) is 0 Å². The Morgan fingerprint density at radius 3 is 0.981 bits per heavy atom. The number of aliphatic carboxylic acids is 1. The third kappa shape index (κ3) is 21.2. The lowest BCUT2D eigenvalue weighted by Gasteiger charge is -2.40. The Bertz CT molecular complexity index is 3880. The van der Waals surface area contributed by atoms with E-state index in [1.807, 2.05) is 157 Å². The minimum Gasteiger partial charge on any atom is -0.481 e. The summed E-state index contributed by atoms with van der Waals surface area (Å²) in [5.74, 6) is 6.92. The van der Waals surface area contributed by atoms with Gasteiger partial charge in [0.25, 0.3) is 5.97 Å². The number of fused-ring (bicyclic) bond motifs is 4. The SMILES string of the molecule is CC(=O)N1CC(Cc2nc(C)c3c(n2)N(C)[C@@H](C(C)C)C(=O)N3)C1.CC(=O)O.CC(C)(C)OC(=O)N1CC(N)C1.Cc1nc(CC2CN(C(=O)OC(C)(C)C)C2)nc2c1NC(=O)[C@H](C(C)C)N2C.Cc1nc(CC2CNC2)nc2c1NC(=O)[C@H](C(C)C)N2C.Cc1nc(Cl)nc2c1NC(=O)[C@H](C(C)C)N2C. The summed E-state index contributed by atoms with van der Waals surface area (Å²) < 4.78 is 10.5. The number of carbonyl (C=O) groups is 8. The molecule has 0 bridgehead atoms. The number of hydrogen-bond acceptors (Lipinski definition) is 24. The van der Waals surface area contributed by atoms with Crippen LogP contribution in [0.5, 0.6) is 0 Å². The molecule has 4 fully saturated rings. The molecule has 0 spiro atoms. The van der Waals surface area contributed by atoms with Crippen molar-refractivity contribution in [1.29, 1.82) is 0 Å². The lowest BCUT2D eigenvalue weighted by Crippen LogP contribution is -2.58. The second kappa shape index (κ2) is 34.8. The largest absolute Gasteiger partial charge is 0.481 e. The second-order valence-corrected chi connectivity index (χ2v) is 32.4. The first-order chi connectivity index (χ1) is 49.2. The molecule has 0 aliphatic carbocycles. The van der Waals surface area contributed by atoms with Crippen LogP contribution in [0, 0.1) is 69.1 Å². The maximum absolute atomic E-state index is 12.4. The topological polar surface area (TPSA) is 387 Å². The van der Waals surface area contributed by atoms with E-state index in [2.05, 4.69) is 65.4 Å². The van der Waals surface area contributed by atoms with E-state index in [0.29, 0.717) is 78.9 Å². The first kappa shape index (κ1) is 84.4. The molecule has 8 N–H and O–H groups in total. The number of carboxylic acids is 1. The van der Waals surface area contributed by atoms with Gasteiger partial charge >= 0.3 is 12.2 Å². The zero-order valence-corrected chi connectivity index (χ0v) is 67.2. The standard InChI is InChI=1S/C20H31N5O3.C17H25N5O2.C15H23N5O.C11H15ClN4O.C8H16N2O2.C2H4O2/c1-11(2)16-18(26)23-15-12(3)21-14(22-17(15)24(16)7)8-13-9-25(10-13)19(27)28-20(4,5)6;1-9(2)15-17(24)20-14-10(3)18-13(19-16(14)21(15)5)6-12-7-22(8-12)11(4)23;1-8(2)13-15(21)19-12-9(3)17-11(5-10-6-16-7-10)18-14(12)20(13)4;1-5(2)8-10(17)14-7-6(3)13-11(12)15-9(7)16(8)4;1-8(2,3)12-7(11)10-4-6(9)5-10;1-2(3)4/h11,13,16H,8-10H2,1-7H3,(H,23,26);9,12,15H,6-8H2,1-5H3,(H,20,24);8,10,13,16H,5-7H2,1-4H3,(H,19,21);5,8H,1-4H3,(H,14,17);6H,4-5,9H2,1-3H3;1H3,(H,3,4)/t16-;15-;13-;8-;;/m0000../s1. The van der Waals surface area contributed by atoms with Crippen LogP contribution < -0.4 is 51.9 Å². The van der Waals surface area contributed by atoms with E-state index in [0.717, 1.165) is 104 Å². The van der Waals surface area contributed by atoms with Crippen LogP contribution in [-0.2, 0) is 57.5 Å². The van der Waals surface area contributed by atoms with Gasteiger partial charge in [0.1, 0.15) is 75.6 Å². The normalized spacial score (nSPS) is 19.8. The van der Waals surface area contributed by atoms with E-state index in [1.54, 1.807) is 23.6 Å². The Labute approximate surface area is 628 Å². The molecule has 584 valence electrons. The van der Waals surface area contributed by atoms with Gasteiger partial charge in [-0.05, 0) is 124 Å². The molecule has 4 saturated heterocycles. The highest BCUT2D eigenvalue weighted by Gasteiger charge is 2.42. The Morgan fingerprint density at radius 2 is 0.726 bits per heavy atom. The Morgan fingerprint density at radius 1 is 0.462 bits per heavy atom. The van der Waals surface area contributed by atoms with Crippen molar-refractivity contribution in [2.75, 3.05) is 121 Å². The van der Waals surface area contributed by atoms with E-state index in [4.69, 9.17) is 51.7 Å². The zero-order chi connectivity index (χ0) is 79.2. The van der Waals surface area contributed by atoms with Gasteiger partial charge in [-0.1, -0.05) is 55.4 Å². The Balaban J connectivity index is 0.000000186. The first-order valence-corrected chi connectivity index (χ1v) is 36.8. The number of anilines is 8. The fraction of sp³-hybridized carbons (Fsp3) is 0.671. The average molecular weight is 1500 g/mol. The molecule has 32 nitrogen and oxygen atoms in total. The van der Waals surface area contributed by atoms with Crippen molar-refractivity contribution in [3.05, 3.63) is 45.5 Å². The summed E-state index contributed by atoms with van der Waals surface area (Å²) in [6, 6.07) is -0.743. The number of nitrogens with zero attached hydrogens (tertiary/aromatic N) is 15. The van der Waals surface area contributed by atoms with Crippen LogP contribution >= 0.6 is 11.6 Å². The minimum atomic E-state index is -0.833. The zero-order valence-electron chi connectivity index (χ0n) is 66.4. The smallest absolute Gasteiger partial charge is 0.410 e. The van der Waals surface area contributed by atoms with Gasteiger partial charge in [0, 0.05) is 118 Å². The Hall–Kier alpha value is -8.91. The maximum Gasteiger partial charge on any atom is 0.410 e. The molecule has 0 unspecified atom stereocenters. The van der Waals surface area contributed by atoms with Crippen molar-refractivity contribution in [2.24, 2.45) is 47.2 Å². The van der Waals surface area contributed by atoms with Gasteiger partial charge in [0.05, 0.1) is 22.8 Å². The molecule has 4 aromatic heterocycles. The number of rotatable bonds is 10. The number of hydrogen-bond donors (Lipinski definition) is 7. The van der Waals surface area contributed by atoms with Crippen LogP contribution in [0.2, 0.25) is 5.28 Å². The molecule has 4 aromatic rings. The summed E-state index contributed by atoms with van der Waals surface area (Å²) in [4.78, 5) is 142. The number of carbonyl (C=O) groups excluding carboxylic acids is 7. The lowest BCUT2D eigenvalue weighted by molar-refractivity contribution is -0.135. The molecule has 106 heavy (non-hydrogen) atoms. The number of likely N-dealkylation sites (tertiary alicyclic amines) is 3. The van der Waals surface area contributed by atoms with E-state index in [9.17, 15) is 33.6 Å². The van der Waals surface area contributed by atoms with Crippen LogP contribution in [0.15, 0.2) is 0 Å². The van der Waals surface area contributed by atoms with Gasteiger partial charge in [-0.3, -0.25) is 28.8 Å². The third-order valence-electron chi connectivity index (χ3n) is 18.8. The molecule has 4 atom stereocenters.